The first-order valence-electron chi connectivity index (χ1n) is 8.41. The van der Waals surface area contributed by atoms with Gasteiger partial charge < -0.3 is 9.80 Å². The van der Waals surface area contributed by atoms with Crippen LogP contribution in [0.4, 0.5) is 11.5 Å². The molecule has 118 valence electrons. The molecule has 2 aliphatic rings. The Morgan fingerprint density at radius 2 is 1.55 bits per heavy atom. The van der Waals surface area contributed by atoms with Gasteiger partial charge in [-0.3, -0.25) is 0 Å². The summed E-state index contributed by atoms with van der Waals surface area (Å²) in [7, 11) is 0. The van der Waals surface area contributed by atoms with E-state index in [-0.39, 0.29) is 0 Å². The molecule has 1 aromatic rings. The van der Waals surface area contributed by atoms with Gasteiger partial charge in [0.2, 0.25) is 0 Å². The highest BCUT2D eigenvalue weighted by Gasteiger charge is 2.26. The van der Waals surface area contributed by atoms with Crippen molar-refractivity contribution in [2.24, 2.45) is 23.7 Å². The summed E-state index contributed by atoms with van der Waals surface area (Å²) in [6, 6.07) is 4.22. The second-order valence-electron chi connectivity index (χ2n) is 7.15. The van der Waals surface area contributed by atoms with E-state index >= 15 is 0 Å². The Bertz CT molecular complexity index is 523. The number of aromatic nitrogens is 1. The van der Waals surface area contributed by atoms with Crippen LogP contribution in [0.1, 0.15) is 27.7 Å². The molecule has 3 heterocycles. The van der Waals surface area contributed by atoms with Crippen molar-refractivity contribution in [3.8, 4) is 0 Å². The summed E-state index contributed by atoms with van der Waals surface area (Å²) >= 11 is 0. The Morgan fingerprint density at radius 3 is 2.14 bits per heavy atom. The second-order valence-corrected chi connectivity index (χ2v) is 7.15. The molecule has 0 spiro atoms. The fourth-order valence-corrected chi connectivity index (χ4v) is 3.16. The predicted molar refractivity (Wildman–Crippen MR) is 93.9 cm³/mol. The molecule has 3 rings (SSSR count). The molecular formula is C19H27N3. The standard InChI is InChI=1S/C19H27N3/c1-14(2)16-7-10-21(12-16)18-6-5-9-20-19(18)22-11-8-17(13-22)15(3)4/h5-11,14-17H,12-13H2,1-4H3/t16-,17-/m0/s1. The Hall–Kier alpha value is -1.77. The van der Waals surface area contributed by atoms with Gasteiger partial charge in [0, 0.05) is 31.7 Å². The molecule has 0 radical (unpaired) electrons. The van der Waals surface area contributed by atoms with Crippen molar-refractivity contribution in [1.29, 1.82) is 0 Å². The molecular weight excluding hydrogens is 270 g/mol. The van der Waals surface area contributed by atoms with E-state index in [1.807, 2.05) is 12.3 Å². The monoisotopic (exact) mass is 297 g/mol. The van der Waals surface area contributed by atoms with Crippen molar-refractivity contribution in [3.63, 3.8) is 0 Å². The zero-order valence-corrected chi connectivity index (χ0v) is 14.1. The quantitative estimate of drug-likeness (QED) is 0.826. The Balaban J connectivity index is 1.80. The maximum absolute atomic E-state index is 4.67. The first-order valence-corrected chi connectivity index (χ1v) is 8.41. The van der Waals surface area contributed by atoms with Crippen molar-refractivity contribution in [2.75, 3.05) is 22.9 Å². The van der Waals surface area contributed by atoms with Gasteiger partial charge in [-0.15, -0.1) is 0 Å². The molecule has 3 heteroatoms. The fraction of sp³-hybridized carbons (Fsp3) is 0.526. The van der Waals surface area contributed by atoms with Crippen molar-refractivity contribution in [3.05, 3.63) is 42.9 Å². The zero-order chi connectivity index (χ0) is 15.7. The molecule has 0 unspecified atom stereocenters. The van der Waals surface area contributed by atoms with Gasteiger partial charge in [-0.25, -0.2) is 4.98 Å². The van der Waals surface area contributed by atoms with Crippen LogP contribution in [0.15, 0.2) is 42.9 Å². The van der Waals surface area contributed by atoms with Crippen LogP contribution >= 0.6 is 0 Å². The third-order valence-electron chi connectivity index (χ3n) is 4.90. The van der Waals surface area contributed by atoms with Crippen molar-refractivity contribution in [2.45, 2.75) is 27.7 Å². The third-order valence-corrected chi connectivity index (χ3v) is 4.90. The Kier molecular flexibility index (Phi) is 4.23. The van der Waals surface area contributed by atoms with E-state index in [4.69, 9.17) is 0 Å². The topological polar surface area (TPSA) is 19.4 Å². The van der Waals surface area contributed by atoms with E-state index in [1.165, 1.54) is 5.69 Å². The van der Waals surface area contributed by atoms with Crippen LogP contribution < -0.4 is 9.80 Å². The summed E-state index contributed by atoms with van der Waals surface area (Å²) in [4.78, 5) is 9.32. The minimum atomic E-state index is 0.618. The summed E-state index contributed by atoms with van der Waals surface area (Å²) in [6.45, 7) is 11.2. The third kappa shape index (κ3) is 2.90. The predicted octanol–water partition coefficient (Wildman–Crippen LogP) is 4.29. The van der Waals surface area contributed by atoms with Gasteiger partial charge in [0.25, 0.3) is 0 Å². The van der Waals surface area contributed by atoms with Crippen LogP contribution in [0, 0.1) is 23.7 Å². The lowest BCUT2D eigenvalue weighted by Crippen LogP contribution is -2.25. The van der Waals surface area contributed by atoms with E-state index in [0.717, 1.165) is 18.9 Å². The maximum Gasteiger partial charge on any atom is 0.156 e. The second kappa shape index (κ2) is 6.15. The molecule has 22 heavy (non-hydrogen) atoms. The highest BCUT2D eigenvalue weighted by molar-refractivity contribution is 5.70. The van der Waals surface area contributed by atoms with Gasteiger partial charge in [0.05, 0.1) is 5.69 Å². The smallest absolute Gasteiger partial charge is 0.156 e. The summed E-state index contributed by atoms with van der Waals surface area (Å²) < 4.78 is 0. The van der Waals surface area contributed by atoms with Crippen molar-refractivity contribution in [1.82, 2.24) is 4.98 Å². The fourth-order valence-electron chi connectivity index (χ4n) is 3.16. The van der Waals surface area contributed by atoms with Gasteiger partial charge in [-0.1, -0.05) is 39.8 Å². The van der Waals surface area contributed by atoms with Crippen LogP contribution in [0.2, 0.25) is 0 Å². The average Bonchev–Trinajstić information content (AvgIpc) is 3.17. The number of anilines is 2. The molecule has 0 amide bonds. The number of hydrogen-bond acceptors (Lipinski definition) is 3. The average molecular weight is 297 g/mol. The van der Waals surface area contributed by atoms with E-state index in [1.54, 1.807) is 0 Å². The molecule has 0 N–H and O–H groups in total. The van der Waals surface area contributed by atoms with Gasteiger partial charge in [-0.2, -0.15) is 0 Å². The van der Waals surface area contributed by atoms with Crippen LogP contribution in [0.3, 0.4) is 0 Å². The molecule has 2 aliphatic heterocycles. The number of nitrogens with zero attached hydrogens (tertiary/aromatic N) is 3. The largest absolute Gasteiger partial charge is 0.345 e. The van der Waals surface area contributed by atoms with Crippen LogP contribution in [0.5, 0.6) is 0 Å². The molecule has 0 bridgehead atoms. The molecule has 0 fully saturated rings. The minimum Gasteiger partial charge on any atom is -0.345 e. The van der Waals surface area contributed by atoms with Crippen molar-refractivity contribution >= 4 is 11.5 Å². The molecule has 0 aliphatic carbocycles. The molecule has 1 aromatic heterocycles. The van der Waals surface area contributed by atoms with Crippen molar-refractivity contribution < 1.29 is 0 Å². The summed E-state index contributed by atoms with van der Waals surface area (Å²) in [5, 5.41) is 0. The SMILES string of the molecule is CC(C)[C@H]1C=CN(c2cccnc2N2C=C[C@H](C(C)C)C2)C1. The lowest BCUT2D eigenvalue weighted by atomic mass is 9.97. The molecule has 3 nitrogen and oxygen atoms in total. The zero-order valence-electron chi connectivity index (χ0n) is 14.1. The first kappa shape index (κ1) is 15.1. The normalized spacial score (nSPS) is 24.3. The highest BCUT2D eigenvalue weighted by Crippen LogP contribution is 2.35. The van der Waals surface area contributed by atoms with E-state index in [9.17, 15) is 0 Å². The van der Waals surface area contributed by atoms with Crippen LogP contribution in [-0.2, 0) is 0 Å². The Labute approximate surface area is 134 Å². The van der Waals surface area contributed by atoms with Crippen LogP contribution in [0.25, 0.3) is 0 Å². The van der Waals surface area contributed by atoms with Gasteiger partial charge >= 0.3 is 0 Å². The van der Waals surface area contributed by atoms with E-state index < -0.39 is 0 Å². The van der Waals surface area contributed by atoms with Gasteiger partial charge in [-0.05, 0) is 35.8 Å². The number of pyridine rings is 1. The summed E-state index contributed by atoms with van der Waals surface area (Å²) in [6.07, 6.45) is 11.0. The highest BCUT2D eigenvalue weighted by atomic mass is 15.2. The van der Waals surface area contributed by atoms with Crippen LogP contribution in [-0.4, -0.2) is 18.1 Å². The Morgan fingerprint density at radius 1 is 0.955 bits per heavy atom. The van der Waals surface area contributed by atoms with Gasteiger partial charge in [0.15, 0.2) is 5.82 Å². The van der Waals surface area contributed by atoms with E-state index in [0.29, 0.717) is 23.7 Å². The molecule has 0 saturated heterocycles. The molecule has 0 saturated carbocycles. The number of rotatable bonds is 4. The first-order chi connectivity index (χ1) is 10.6. The molecule has 0 aromatic carbocycles. The minimum absolute atomic E-state index is 0.618. The maximum atomic E-state index is 4.67. The summed E-state index contributed by atoms with van der Waals surface area (Å²) in [5.74, 6) is 3.68. The van der Waals surface area contributed by atoms with Gasteiger partial charge in [0.1, 0.15) is 0 Å². The lowest BCUT2D eigenvalue weighted by Gasteiger charge is -2.26. The number of hydrogen-bond donors (Lipinski definition) is 0. The van der Waals surface area contributed by atoms with E-state index in [2.05, 4.69) is 73.1 Å². The summed E-state index contributed by atoms with van der Waals surface area (Å²) in [5.41, 5.74) is 1.22. The lowest BCUT2D eigenvalue weighted by molar-refractivity contribution is 0.485. The molecule has 2 atom stereocenters.